The first-order valence-corrected chi connectivity index (χ1v) is 5.98. The molecule has 2 fully saturated rings. The Labute approximate surface area is 87.2 Å². The molecule has 0 saturated carbocycles. The summed E-state index contributed by atoms with van der Waals surface area (Å²) in [6.45, 7) is 6.13. The van der Waals surface area contributed by atoms with E-state index in [1.807, 2.05) is 0 Å². The quantitative estimate of drug-likeness (QED) is 0.680. The Balaban J connectivity index is 1.72. The van der Waals surface area contributed by atoms with Crippen LogP contribution in [0.15, 0.2) is 0 Å². The Bertz CT molecular complexity index is 160. The molecule has 0 aromatic heterocycles. The smallest absolute Gasteiger partial charge is 0.0229 e. The summed E-state index contributed by atoms with van der Waals surface area (Å²) in [4.78, 5) is 2.55. The molecule has 2 aliphatic heterocycles. The van der Waals surface area contributed by atoms with E-state index in [0.29, 0.717) is 0 Å². The molecule has 0 amide bonds. The van der Waals surface area contributed by atoms with Crippen LogP contribution in [0.1, 0.15) is 19.3 Å². The van der Waals surface area contributed by atoms with Gasteiger partial charge in [0.2, 0.25) is 0 Å². The molecule has 82 valence electrons. The maximum Gasteiger partial charge on any atom is 0.0229 e. The molecule has 0 aromatic carbocycles. The van der Waals surface area contributed by atoms with E-state index in [4.69, 9.17) is 0 Å². The number of hydrogen-bond donors (Lipinski definition) is 2. The molecular formula is C11H23N3. The second kappa shape index (κ2) is 5.10. The first-order valence-electron chi connectivity index (χ1n) is 5.98. The molecule has 0 aromatic rings. The van der Waals surface area contributed by atoms with Gasteiger partial charge in [-0.3, -0.25) is 0 Å². The number of nitrogens with zero attached hydrogens (tertiary/aromatic N) is 1. The van der Waals surface area contributed by atoms with Gasteiger partial charge in [-0.1, -0.05) is 0 Å². The maximum atomic E-state index is 3.49. The Morgan fingerprint density at radius 1 is 1.14 bits per heavy atom. The van der Waals surface area contributed by atoms with Gasteiger partial charge in [-0.25, -0.2) is 0 Å². The highest BCUT2D eigenvalue weighted by Crippen LogP contribution is 2.14. The topological polar surface area (TPSA) is 27.3 Å². The van der Waals surface area contributed by atoms with Crippen molar-refractivity contribution < 1.29 is 0 Å². The van der Waals surface area contributed by atoms with Crippen LogP contribution >= 0.6 is 0 Å². The van der Waals surface area contributed by atoms with Crippen LogP contribution in [0.2, 0.25) is 0 Å². The highest BCUT2D eigenvalue weighted by atomic mass is 15.2. The van der Waals surface area contributed by atoms with Crippen molar-refractivity contribution in [1.29, 1.82) is 0 Å². The SMILES string of the molecule is CN(CC1CCCNC1)C1CCNC1. The first kappa shape index (κ1) is 10.4. The fraction of sp³-hybridized carbons (Fsp3) is 1.00. The minimum Gasteiger partial charge on any atom is -0.316 e. The molecule has 14 heavy (non-hydrogen) atoms. The summed E-state index contributed by atoms with van der Waals surface area (Å²) >= 11 is 0. The van der Waals surface area contributed by atoms with Crippen molar-refractivity contribution in [3.8, 4) is 0 Å². The molecular weight excluding hydrogens is 174 g/mol. The second-order valence-electron chi connectivity index (χ2n) is 4.80. The predicted molar refractivity (Wildman–Crippen MR) is 59.5 cm³/mol. The van der Waals surface area contributed by atoms with Crippen LogP contribution in [-0.2, 0) is 0 Å². The van der Waals surface area contributed by atoms with Gasteiger partial charge in [0.1, 0.15) is 0 Å². The molecule has 2 atom stereocenters. The third-order valence-electron chi connectivity index (χ3n) is 3.60. The van der Waals surface area contributed by atoms with Crippen LogP contribution in [0.3, 0.4) is 0 Å². The molecule has 3 nitrogen and oxygen atoms in total. The summed E-state index contributed by atoms with van der Waals surface area (Å²) in [6.07, 6.45) is 4.11. The Kier molecular flexibility index (Phi) is 3.79. The molecule has 0 bridgehead atoms. The van der Waals surface area contributed by atoms with E-state index < -0.39 is 0 Å². The van der Waals surface area contributed by atoms with Gasteiger partial charge in [0.15, 0.2) is 0 Å². The molecule has 2 aliphatic rings. The van der Waals surface area contributed by atoms with E-state index >= 15 is 0 Å². The first-order chi connectivity index (χ1) is 6.86. The van der Waals surface area contributed by atoms with Crippen molar-refractivity contribution >= 4 is 0 Å². The zero-order valence-electron chi connectivity index (χ0n) is 9.26. The molecule has 2 rings (SSSR count). The summed E-state index contributed by atoms with van der Waals surface area (Å²) < 4.78 is 0. The third kappa shape index (κ3) is 2.69. The van der Waals surface area contributed by atoms with E-state index in [1.165, 1.54) is 52.0 Å². The number of nitrogens with one attached hydrogen (secondary N) is 2. The average molecular weight is 197 g/mol. The minimum atomic E-state index is 0.789. The lowest BCUT2D eigenvalue weighted by Crippen LogP contribution is -2.41. The Morgan fingerprint density at radius 3 is 2.64 bits per heavy atom. The summed E-state index contributed by atoms with van der Waals surface area (Å²) in [7, 11) is 2.28. The van der Waals surface area contributed by atoms with Gasteiger partial charge in [0.05, 0.1) is 0 Å². The van der Waals surface area contributed by atoms with Crippen LogP contribution in [0.4, 0.5) is 0 Å². The average Bonchev–Trinajstić information content (AvgIpc) is 2.72. The number of hydrogen-bond acceptors (Lipinski definition) is 3. The number of piperidine rings is 1. The van der Waals surface area contributed by atoms with Gasteiger partial charge in [0.25, 0.3) is 0 Å². The van der Waals surface area contributed by atoms with E-state index in [2.05, 4.69) is 22.6 Å². The molecule has 2 heterocycles. The summed E-state index contributed by atoms with van der Waals surface area (Å²) in [5, 5.41) is 6.92. The lowest BCUT2D eigenvalue weighted by Gasteiger charge is -2.30. The van der Waals surface area contributed by atoms with Crippen LogP contribution in [0.25, 0.3) is 0 Å². The molecule has 2 N–H and O–H groups in total. The van der Waals surface area contributed by atoms with Gasteiger partial charge in [-0.15, -0.1) is 0 Å². The van der Waals surface area contributed by atoms with Crippen LogP contribution in [0.5, 0.6) is 0 Å². The molecule has 3 heteroatoms. The van der Waals surface area contributed by atoms with Gasteiger partial charge >= 0.3 is 0 Å². The van der Waals surface area contributed by atoms with Crippen molar-refractivity contribution in [2.24, 2.45) is 5.92 Å². The molecule has 2 unspecified atom stereocenters. The number of likely N-dealkylation sites (N-methyl/N-ethyl adjacent to an activating group) is 1. The maximum absolute atomic E-state index is 3.49. The van der Waals surface area contributed by atoms with Crippen LogP contribution < -0.4 is 10.6 Å². The fourth-order valence-electron chi connectivity index (χ4n) is 2.65. The fourth-order valence-corrected chi connectivity index (χ4v) is 2.65. The summed E-state index contributed by atoms with van der Waals surface area (Å²) in [5.74, 6) is 0.884. The lowest BCUT2D eigenvalue weighted by molar-refractivity contribution is 0.197. The van der Waals surface area contributed by atoms with Crippen molar-refractivity contribution in [2.45, 2.75) is 25.3 Å². The van der Waals surface area contributed by atoms with Crippen molar-refractivity contribution in [3.63, 3.8) is 0 Å². The third-order valence-corrected chi connectivity index (χ3v) is 3.60. The van der Waals surface area contributed by atoms with Crippen molar-refractivity contribution in [1.82, 2.24) is 15.5 Å². The van der Waals surface area contributed by atoms with Gasteiger partial charge in [-0.05, 0) is 51.9 Å². The zero-order chi connectivity index (χ0) is 9.80. The van der Waals surface area contributed by atoms with Crippen molar-refractivity contribution in [3.05, 3.63) is 0 Å². The van der Waals surface area contributed by atoms with E-state index in [0.717, 1.165) is 12.0 Å². The summed E-state index contributed by atoms with van der Waals surface area (Å²) in [6, 6.07) is 0.789. The van der Waals surface area contributed by atoms with E-state index in [-0.39, 0.29) is 0 Å². The van der Waals surface area contributed by atoms with E-state index in [9.17, 15) is 0 Å². The molecule has 0 spiro atoms. The predicted octanol–water partition coefficient (Wildman–Crippen LogP) is 0.280. The zero-order valence-corrected chi connectivity index (χ0v) is 9.26. The normalized spacial score (nSPS) is 33.9. The van der Waals surface area contributed by atoms with Gasteiger partial charge in [0, 0.05) is 19.1 Å². The Hall–Kier alpha value is -0.120. The van der Waals surface area contributed by atoms with Gasteiger partial charge in [-0.2, -0.15) is 0 Å². The molecule has 0 radical (unpaired) electrons. The molecule has 2 saturated heterocycles. The number of rotatable bonds is 3. The highest BCUT2D eigenvalue weighted by molar-refractivity contribution is 4.81. The minimum absolute atomic E-state index is 0.789. The van der Waals surface area contributed by atoms with Gasteiger partial charge < -0.3 is 15.5 Å². The second-order valence-corrected chi connectivity index (χ2v) is 4.80. The Morgan fingerprint density at radius 2 is 2.00 bits per heavy atom. The summed E-state index contributed by atoms with van der Waals surface area (Å²) in [5.41, 5.74) is 0. The standard InChI is InChI=1S/C11H23N3/c1-14(11-4-6-13-8-11)9-10-3-2-5-12-7-10/h10-13H,2-9H2,1H3. The largest absolute Gasteiger partial charge is 0.316 e. The monoisotopic (exact) mass is 197 g/mol. The lowest BCUT2D eigenvalue weighted by atomic mass is 9.98. The molecule has 0 aliphatic carbocycles. The van der Waals surface area contributed by atoms with Crippen molar-refractivity contribution in [2.75, 3.05) is 39.8 Å². The van der Waals surface area contributed by atoms with Crippen LogP contribution in [-0.4, -0.2) is 50.7 Å². The highest BCUT2D eigenvalue weighted by Gasteiger charge is 2.22. The van der Waals surface area contributed by atoms with E-state index in [1.54, 1.807) is 0 Å². The van der Waals surface area contributed by atoms with Crippen LogP contribution in [0, 0.1) is 5.92 Å².